The Labute approximate surface area is 148 Å². The van der Waals surface area contributed by atoms with Crippen molar-refractivity contribution in [2.45, 2.75) is 25.1 Å². The monoisotopic (exact) mass is 368 g/mol. The summed E-state index contributed by atoms with van der Waals surface area (Å²) in [7, 11) is 0. The van der Waals surface area contributed by atoms with Crippen molar-refractivity contribution in [2.24, 2.45) is 0 Å². The molecule has 2 rings (SSSR count). The van der Waals surface area contributed by atoms with Crippen LogP contribution in [0.15, 0.2) is 33.9 Å². The molecule has 0 radical (unpaired) electrons. The van der Waals surface area contributed by atoms with Gasteiger partial charge in [0.1, 0.15) is 0 Å². The number of rotatable bonds is 7. The van der Waals surface area contributed by atoms with Crippen molar-refractivity contribution >= 4 is 35.2 Å². The molecule has 0 spiro atoms. The fourth-order valence-corrected chi connectivity index (χ4v) is 2.52. The van der Waals surface area contributed by atoms with Crippen molar-refractivity contribution < 1.29 is 14.0 Å². The standard InChI is InChI=1S/C15H17ClN4O3S/c1-9(2)18-12(21)7-17-13(22)8-24-15-20-19-14(23-15)10-4-3-5-11(16)6-10/h3-6,9H,7-8H2,1-2H3,(H,17,22)(H,18,21). The largest absolute Gasteiger partial charge is 0.411 e. The van der Waals surface area contributed by atoms with Crippen LogP contribution in [-0.4, -0.2) is 40.4 Å². The molecular formula is C15H17ClN4O3S. The third kappa shape index (κ3) is 5.86. The van der Waals surface area contributed by atoms with Crippen molar-refractivity contribution in [3.63, 3.8) is 0 Å². The van der Waals surface area contributed by atoms with Gasteiger partial charge in [0.2, 0.25) is 17.7 Å². The number of carbonyl (C=O) groups excluding carboxylic acids is 2. The Hall–Kier alpha value is -2.06. The highest BCUT2D eigenvalue weighted by atomic mass is 35.5. The number of nitrogens with one attached hydrogen (secondary N) is 2. The topological polar surface area (TPSA) is 97.1 Å². The third-order valence-corrected chi connectivity index (χ3v) is 3.75. The van der Waals surface area contributed by atoms with Gasteiger partial charge in [0.25, 0.3) is 5.22 Å². The van der Waals surface area contributed by atoms with Crippen LogP contribution in [0.2, 0.25) is 5.02 Å². The molecule has 0 fully saturated rings. The summed E-state index contributed by atoms with van der Waals surface area (Å²) in [4.78, 5) is 23.1. The highest BCUT2D eigenvalue weighted by Gasteiger charge is 2.12. The summed E-state index contributed by atoms with van der Waals surface area (Å²) < 4.78 is 5.48. The van der Waals surface area contributed by atoms with E-state index in [4.69, 9.17) is 16.0 Å². The van der Waals surface area contributed by atoms with Crippen LogP contribution in [0, 0.1) is 0 Å². The lowest BCUT2D eigenvalue weighted by Gasteiger charge is -2.08. The molecule has 9 heteroatoms. The first-order chi connectivity index (χ1) is 11.4. The number of carbonyl (C=O) groups is 2. The smallest absolute Gasteiger partial charge is 0.277 e. The van der Waals surface area contributed by atoms with Crippen LogP contribution in [0.1, 0.15) is 13.8 Å². The van der Waals surface area contributed by atoms with Crippen LogP contribution in [0.5, 0.6) is 0 Å². The second-order valence-electron chi connectivity index (χ2n) is 5.17. The highest BCUT2D eigenvalue weighted by Crippen LogP contribution is 2.24. The molecule has 24 heavy (non-hydrogen) atoms. The SMILES string of the molecule is CC(C)NC(=O)CNC(=O)CSc1nnc(-c2cccc(Cl)c2)o1. The molecule has 0 saturated heterocycles. The van der Waals surface area contributed by atoms with Crippen molar-refractivity contribution in [2.75, 3.05) is 12.3 Å². The summed E-state index contributed by atoms with van der Waals surface area (Å²) in [6.45, 7) is 3.64. The summed E-state index contributed by atoms with van der Waals surface area (Å²) in [5, 5.41) is 13.8. The fraction of sp³-hybridized carbons (Fsp3) is 0.333. The van der Waals surface area contributed by atoms with E-state index in [2.05, 4.69) is 20.8 Å². The third-order valence-electron chi connectivity index (χ3n) is 2.70. The Bertz CT molecular complexity index is 720. The second kappa shape index (κ2) is 8.70. The molecule has 128 valence electrons. The maximum absolute atomic E-state index is 11.7. The Kier molecular flexibility index (Phi) is 6.62. The van der Waals surface area contributed by atoms with Crippen LogP contribution in [0.4, 0.5) is 0 Å². The maximum Gasteiger partial charge on any atom is 0.277 e. The average molecular weight is 369 g/mol. The van der Waals surface area contributed by atoms with E-state index in [1.165, 1.54) is 0 Å². The van der Waals surface area contributed by atoms with E-state index in [0.29, 0.717) is 16.5 Å². The van der Waals surface area contributed by atoms with E-state index >= 15 is 0 Å². The van der Waals surface area contributed by atoms with Crippen molar-refractivity contribution in [1.29, 1.82) is 0 Å². The lowest BCUT2D eigenvalue weighted by Crippen LogP contribution is -2.40. The quantitative estimate of drug-likeness (QED) is 0.726. The molecule has 1 aromatic carbocycles. The van der Waals surface area contributed by atoms with Gasteiger partial charge in [0, 0.05) is 16.6 Å². The number of nitrogens with zero attached hydrogens (tertiary/aromatic N) is 2. The van der Waals surface area contributed by atoms with Gasteiger partial charge in [-0.2, -0.15) is 0 Å². The summed E-state index contributed by atoms with van der Waals surface area (Å²) in [5.41, 5.74) is 0.705. The average Bonchev–Trinajstić information content (AvgIpc) is 2.99. The Morgan fingerprint density at radius 2 is 2.08 bits per heavy atom. The number of hydrogen-bond acceptors (Lipinski definition) is 6. The summed E-state index contributed by atoms with van der Waals surface area (Å²) in [5.74, 6) is -0.117. The normalized spacial score (nSPS) is 10.7. The molecule has 0 atom stereocenters. The van der Waals surface area contributed by atoms with Gasteiger partial charge in [-0.15, -0.1) is 10.2 Å². The van der Waals surface area contributed by atoms with Gasteiger partial charge < -0.3 is 15.1 Å². The zero-order valence-corrected chi connectivity index (χ0v) is 14.8. The predicted octanol–water partition coefficient (Wildman–Crippen LogP) is 2.12. The van der Waals surface area contributed by atoms with E-state index in [-0.39, 0.29) is 35.4 Å². The molecule has 0 aliphatic heterocycles. The first-order valence-corrected chi connectivity index (χ1v) is 8.58. The Balaban J connectivity index is 1.80. The van der Waals surface area contributed by atoms with Crippen molar-refractivity contribution in [1.82, 2.24) is 20.8 Å². The molecule has 2 N–H and O–H groups in total. The second-order valence-corrected chi connectivity index (χ2v) is 6.53. The number of thioether (sulfide) groups is 1. The minimum absolute atomic E-state index is 0.0343. The molecule has 0 bridgehead atoms. The van der Waals surface area contributed by atoms with Gasteiger partial charge >= 0.3 is 0 Å². The van der Waals surface area contributed by atoms with E-state index in [1.54, 1.807) is 24.3 Å². The predicted molar refractivity (Wildman–Crippen MR) is 91.8 cm³/mol. The van der Waals surface area contributed by atoms with Gasteiger partial charge in [0.15, 0.2) is 0 Å². The van der Waals surface area contributed by atoms with Crippen LogP contribution < -0.4 is 10.6 Å². The number of benzene rings is 1. The Morgan fingerprint density at radius 1 is 1.29 bits per heavy atom. The molecular weight excluding hydrogens is 352 g/mol. The molecule has 2 aromatic rings. The van der Waals surface area contributed by atoms with Gasteiger partial charge in [-0.05, 0) is 32.0 Å². The lowest BCUT2D eigenvalue weighted by molar-refractivity contribution is -0.125. The van der Waals surface area contributed by atoms with Gasteiger partial charge in [-0.25, -0.2) is 0 Å². The molecule has 1 aromatic heterocycles. The number of amides is 2. The van der Waals surface area contributed by atoms with Crippen molar-refractivity contribution in [3.8, 4) is 11.5 Å². The van der Waals surface area contributed by atoms with E-state index in [0.717, 1.165) is 11.8 Å². The van der Waals surface area contributed by atoms with E-state index in [9.17, 15) is 9.59 Å². The molecule has 0 unspecified atom stereocenters. The van der Waals surface area contributed by atoms with E-state index < -0.39 is 0 Å². The summed E-state index contributed by atoms with van der Waals surface area (Å²) in [6.07, 6.45) is 0. The summed E-state index contributed by atoms with van der Waals surface area (Å²) >= 11 is 7.01. The molecule has 0 aliphatic rings. The highest BCUT2D eigenvalue weighted by molar-refractivity contribution is 7.99. The Morgan fingerprint density at radius 3 is 2.79 bits per heavy atom. The lowest BCUT2D eigenvalue weighted by atomic mass is 10.2. The van der Waals surface area contributed by atoms with Gasteiger partial charge in [-0.3, -0.25) is 9.59 Å². The molecule has 2 amide bonds. The molecule has 7 nitrogen and oxygen atoms in total. The van der Waals surface area contributed by atoms with Gasteiger partial charge in [0.05, 0.1) is 12.3 Å². The maximum atomic E-state index is 11.7. The van der Waals surface area contributed by atoms with Crippen LogP contribution >= 0.6 is 23.4 Å². The number of hydrogen-bond donors (Lipinski definition) is 2. The number of aromatic nitrogens is 2. The first-order valence-electron chi connectivity index (χ1n) is 7.22. The van der Waals surface area contributed by atoms with Crippen LogP contribution in [0.3, 0.4) is 0 Å². The van der Waals surface area contributed by atoms with Gasteiger partial charge in [-0.1, -0.05) is 29.4 Å². The fourth-order valence-electron chi connectivity index (χ4n) is 1.74. The van der Waals surface area contributed by atoms with Crippen LogP contribution in [0.25, 0.3) is 11.5 Å². The zero-order valence-electron chi connectivity index (χ0n) is 13.2. The molecule has 0 aliphatic carbocycles. The molecule has 1 heterocycles. The zero-order chi connectivity index (χ0) is 17.5. The van der Waals surface area contributed by atoms with E-state index in [1.807, 2.05) is 13.8 Å². The summed E-state index contributed by atoms with van der Waals surface area (Å²) in [6, 6.07) is 7.07. The van der Waals surface area contributed by atoms with Crippen molar-refractivity contribution in [3.05, 3.63) is 29.3 Å². The number of halogens is 1. The molecule has 0 saturated carbocycles. The van der Waals surface area contributed by atoms with Crippen LogP contribution in [-0.2, 0) is 9.59 Å². The minimum Gasteiger partial charge on any atom is -0.411 e. The minimum atomic E-state index is -0.290. The first kappa shape index (κ1) is 18.3.